The van der Waals surface area contributed by atoms with Crippen LogP contribution in [0.1, 0.15) is 21.5 Å². The van der Waals surface area contributed by atoms with Crippen LogP contribution < -0.4 is 4.74 Å². The summed E-state index contributed by atoms with van der Waals surface area (Å²) in [5.74, 6) is -1.74. The number of aryl methyl sites for hydroxylation is 1. The van der Waals surface area contributed by atoms with Crippen molar-refractivity contribution in [3.8, 4) is 5.75 Å². The molecule has 2 aromatic rings. The molecule has 1 heterocycles. The molecule has 1 aliphatic heterocycles. The Morgan fingerprint density at radius 1 is 1.21 bits per heavy atom. The lowest BCUT2D eigenvalue weighted by atomic mass is 10.1. The van der Waals surface area contributed by atoms with Crippen LogP contribution in [-0.4, -0.2) is 38.7 Å². The van der Waals surface area contributed by atoms with Crippen LogP contribution in [-0.2, 0) is 9.59 Å². The average molecular weight is 413 g/mol. The highest BCUT2D eigenvalue weighted by Gasteiger charge is 2.33. The van der Waals surface area contributed by atoms with Gasteiger partial charge in [-0.3, -0.25) is 14.5 Å². The molecule has 8 heteroatoms. The van der Waals surface area contributed by atoms with Gasteiger partial charge in [0.15, 0.2) is 0 Å². The third-order valence-corrected chi connectivity index (χ3v) is 5.16. The van der Waals surface area contributed by atoms with Crippen molar-refractivity contribution in [1.82, 2.24) is 4.90 Å². The van der Waals surface area contributed by atoms with Gasteiger partial charge in [0.1, 0.15) is 16.6 Å². The second kappa shape index (κ2) is 8.37. The molecule has 0 spiro atoms. The van der Waals surface area contributed by atoms with Gasteiger partial charge in [-0.15, -0.1) is 0 Å². The van der Waals surface area contributed by atoms with E-state index in [9.17, 15) is 14.4 Å². The maximum atomic E-state index is 12.3. The fourth-order valence-corrected chi connectivity index (χ4v) is 3.78. The van der Waals surface area contributed by atoms with Crippen molar-refractivity contribution in [3.05, 3.63) is 70.1 Å². The molecule has 1 N–H and O–H groups in total. The maximum Gasteiger partial charge on any atom is 0.343 e. The molecule has 0 atom stereocenters. The van der Waals surface area contributed by atoms with Crippen LogP contribution in [0.5, 0.6) is 5.75 Å². The standard InChI is InChI=1S/C20H15NO5S2/c1-12-4-2-6-14(8-12)19(25)26-15-7-3-5-13(9-15)10-16-18(24)21(11-17(22)23)20(27)28-16/h2-10H,11H2,1H3,(H,22,23). The Labute approximate surface area is 170 Å². The van der Waals surface area contributed by atoms with Crippen LogP contribution in [0.2, 0.25) is 0 Å². The summed E-state index contributed by atoms with van der Waals surface area (Å²) in [6, 6.07) is 13.8. The molecular weight excluding hydrogens is 398 g/mol. The molecule has 1 amide bonds. The number of benzene rings is 2. The van der Waals surface area contributed by atoms with Crippen molar-refractivity contribution in [1.29, 1.82) is 0 Å². The van der Waals surface area contributed by atoms with Crippen molar-refractivity contribution in [2.24, 2.45) is 0 Å². The van der Waals surface area contributed by atoms with Crippen LogP contribution in [0.25, 0.3) is 6.08 Å². The zero-order valence-corrected chi connectivity index (χ0v) is 16.4. The zero-order valence-electron chi connectivity index (χ0n) is 14.7. The van der Waals surface area contributed by atoms with Gasteiger partial charge in [-0.2, -0.15) is 0 Å². The summed E-state index contributed by atoms with van der Waals surface area (Å²) in [5.41, 5.74) is 2.02. The molecule has 0 aromatic heterocycles. The number of amides is 1. The molecular formula is C20H15NO5S2. The molecule has 3 rings (SSSR count). The summed E-state index contributed by atoms with van der Waals surface area (Å²) in [6.45, 7) is 1.41. The molecule has 0 unspecified atom stereocenters. The second-order valence-corrected chi connectivity index (χ2v) is 7.67. The maximum absolute atomic E-state index is 12.3. The Balaban J connectivity index is 1.77. The minimum absolute atomic E-state index is 0.195. The fourth-order valence-electron chi connectivity index (χ4n) is 2.53. The predicted octanol–water partition coefficient (Wildman–Crippen LogP) is 3.50. The number of nitrogens with zero attached hydrogens (tertiary/aromatic N) is 1. The Kier molecular flexibility index (Phi) is 5.91. The normalized spacial score (nSPS) is 15.2. The molecule has 1 fully saturated rings. The fraction of sp³-hybridized carbons (Fsp3) is 0.100. The number of hydrogen-bond donors (Lipinski definition) is 1. The quantitative estimate of drug-likeness (QED) is 0.348. The average Bonchev–Trinajstić information content (AvgIpc) is 2.89. The summed E-state index contributed by atoms with van der Waals surface area (Å²) >= 11 is 6.11. The van der Waals surface area contributed by atoms with Crippen molar-refractivity contribution < 1.29 is 24.2 Å². The van der Waals surface area contributed by atoms with E-state index in [0.717, 1.165) is 22.2 Å². The van der Waals surface area contributed by atoms with Gasteiger partial charge in [-0.1, -0.05) is 53.8 Å². The topological polar surface area (TPSA) is 83.9 Å². The summed E-state index contributed by atoms with van der Waals surface area (Å²) in [7, 11) is 0. The Morgan fingerprint density at radius 3 is 2.68 bits per heavy atom. The molecule has 0 aliphatic carbocycles. The summed E-state index contributed by atoms with van der Waals surface area (Å²) in [4.78, 5) is 36.8. The molecule has 2 aromatic carbocycles. The van der Waals surface area contributed by atoms with Crippen molar-refractivity contribution >= 4 is 52.2 Å². The number of carbonyl (C=O) groups excluding carboxylic acids is 2. The van der Waals surface area contributed by atoms with Gasteiger partial charge >= 0.3 is 11.9 Å². The first kappa shape index (κ1) is 19.8. The van der Waals surface area contributed by atoms with E-state index >= 15 is 0 Å². The molecule has 142 valence electrons. The number of carboxylic acid groups (broad SMARTS) is 1. The molecule has 0 saturated carbocycles. The van der Waals surface area contributed by atoms with E-state index in [1.807, 2.05) is 13.0 Å². The van der Waals surface area contributed by atoms with E-state index in [1.165, 1.54) is 0 Å². The number of carboxylic acids is 1. The molecule has 0 bridgehead atoms. The van der Waals surface area contributed by atoms with Crippen LogP contribution in [0.4, 0.5) is 0 Å². The highest BCUT2D eigenvalue weighted by molar-refractivity contribution is 8.26. The number of rotatable bonds is 5. The van der Waals surface area contributed by atoms with Crippen LogP contribution in [0, 0.1) is 6.92 Å². The molecule has 6 nitrogen and oxygen atoms in total. The Bertz CT molecular complexity index is 1020. The predicted molar refractivity (Wildman–Crippen MR) is 110 cm³/mol. The third kappa shape index (κ3) is 4.65. The lowest BCUT2D eigenvalue weighted by Crippen LogP contribution is -2.33. The number of carbonyl (C=O) groups is 3. The van der Waals surface area contributed by atoms with Crippen LogP contribution in [0.15, 0.2) is 53.4 Å². The van der Waals surface area contributed by atoms with Crippen molar-refractivity contribution in [2.75, 3.05) is 6.54 Å². The zero-order chi connectivity index (χ0) is 20.3. The van der Waals surface area contributed by atoms with E-state index in [-0.39, 0.29) is 4.32 Å². The van der Waals surface area contributed by atoms with Crippen LogP contribution >= 0.6 is 24.0 Å². The number of thioether (sulfide) groups is 1. The lowest BCUT2D eigenvalue weighted by Gasteiger charge is -2.10. The minimum atomic E-state index is -1.14. The number of ether oxygens (including phenoxy) is 1. The highest BCUT2D eigenvalue weighted by Crippen LogP contribution is 2.32. The Hall–Kier alpha value is -2.97. The van der Waals surface area contributed by atoms with Gasteiger partial charge < -0.3 is 9.84 Å². The number of thiocarbonyl (C=S) groups is 1. The first-order chi connectivity index (χ1) is 13.3. The third-order valence-electron chi connectivity index (χ3n) is 3.79. The van der Waals surface area contributed by atoms with E-state index in [0.29, 0.717) is 21.8 Å². The smallest absolute Gasteiger partial charge is 0.343 e. The number of aliphatic carboxylic acids is 1. The first-order valence-corrected chi connectivity index (χ1v) is 9.42. The van der Waals surface area contributed by atoms with Gasteiger partial charge in [0.05, 0.1) is 10.5 Å². The molecule has 28 heavy (non-hydrogen) atoms. The van der Waals surface area contributed by atoms with Gasteiger partial charge in [0.2, 0.25) is 0 Å². The summed E-state index contributed by atoms with van der Waals surface area (Å²) in [5, 5.41) is 8.89. The molecule has 0 radical (unpaired) electrons. The van der Waals surface area contributed by atoms with Gasteiger partial charge in [0, 0.05) is 0 Å². The SMILES string of the molecule is Cc1cccc(C(=O)Oc2cccc(C=C3SC(=S)N(CC(=O)O)C3=O)c2)c1. The lowest BCUT2D eigenvalue weighted by molar-refractivity contribution is -0.140. The number of esters is 1. The second-order valence-electron chi connectivity index (χ2n) is 5.99. The van der Waals surface area contributed by atoms with E-state index in [4.69, 9.17) is 22.1 Å². The summed E-state index contributed by atoms with van der Waals surface area (Å²) in [6.07, 6.45) is 1.59. The Morgan fingerprint density at radius 2 is 1.96 bits per heavy atom. The van der Waals surface area contributed by atoms with E-state index in [2.05, 4.69) is 0 Å². The monoisotopic (exact) mass is 413 g/mol. The van der Waals surface area contributed by atoms with E-state index < -0.39 is 24.4 Å². The first-order valence-electron chi connectivity index (χ1n) is 8.19. The van der Waals surface area contributed by atoms with Crippen LogP contribution in [0.3, 0.4) is 0 Å². The van der Waals surface area contributed by atoms with Crippen molar-refractivity contribution in [2.45, 2.75) is 6.92 Å². The van der Waals surface area contributed by atoms with Gasteiger partial charge in [-0.05, 0) is 42.8 Å². The van der Waals surface area contributed by atoms with Gasteiger partial charge in [-0.25, -0.2) is 4.79 Å². The molecule has 1 aliphatic rings. The highest BCUT2D eigenvalue weighted by atomic mass is 32.2. The summed E-state index contributed by atoms with van der Waals surface area (Å²) < 4.78 is 5.60. The van der Waals surface area contributed by atoms with E-state index in [1.54, 1.807) is 48.5 Å². The molecule has 1 saturated heterocycles. The van der Waals surface area contributed by atoms with Crippen molar-refractivity contribution in [3.63, 3.8) is 0 Å². The largest absolute Gasteiger partial charge is 0.480 e. The number of hydrogen-bond acceptors (Lipinski definition) is 6. The minimum Gasteiger partial charge on any atom is -0.480 e. The van der Waals surface area contributed by atoms with Gasteiger partial charge in [0.25, 0.3) is 5.91 Å².